The van der Waals surface area contributed by atoms with Crippen LogP contribution in [0.1, 0.15) is 26.2 Å². The average Bonchev–Trinajstić information content (AvgIpc) is 2.98. The molecule has 2 fully saturated rings. The number of benzene rings is 1. The lowest BCUT2D eigenvalue weighted by atomic mass is 9.99. The molecule has 5 nitrogen and oxygen atoms in total. The fourth-order valence-corrected chi connectivity index (χ4v) is 3.93. The maximum atomic E-state index is 12.4. The maximum absolute atomic E-state index is 12.4. The van der Waals surface area contributed by atoms with Crippen molar-refractivity contribution in [1.29, 1.82) is 0 Å². The Hall–Kier alpha value is -1.40. The summed E-state index contributed by atoms with van der Waals surface area (Å²) in [6.45, 7) is 6.56. The fraction of sp³-hybridized carbons (Fsp3) is 0.579. The van der Waals surface area contributed by atoms with E-state index in [-0.39, 0.29) is 17.7 Å². The lowest BCUT2D eigenvalue weighted by Gasteiger charge is -2.30. The molecule has 1 N–H and O–H groups in total. The van der Waals surface area contributed by atoms with Gasteiger partial charge in [-0.05, 0) is 50.0 Å². The van der Waals surface area contributed by atoms with Gasteiger partial charge in [0.05, 0.1) is 5.92 Å². The number of nitrogens with one attached hydrogen (secondary N) is 1. The number of halogens is 1. The van der Waals surface area contributed by atoms with E-state index < -0.39 is 0 Å². The molecular formula is C19H26BrN3O2. The van der Waals surface area contributed by atoms with E-state index in [9.17, 15) is 9.59 Å². The van der Waals surface area contributed by atoms with Crippen molar-refractivity contribution in [3.8, 4) is 0 Å². The van der Waals surface area contributed by atoms with Gasteiger partial charge in [0.1, 0.15) is 0 Å². The van der Waals surface area contributed by atoms with E-state index in [4.69, 9.17) is 0 Å². The summed E-state index contributed by atoms with van der Waals surface area (Å²) in [5.41, 5.74) is 0.845. The minimum absolute atomic E-state index is 0.00350. The van der Waals surface area contributed by atoms with Crippen molar-refractivity contribution in [1.82, 2.24) is 10.2 Å². The molecule has 2 saturated heterocycles. The lowest BCUT2D eigenvalue weighted by molar-refractivity contribution is -0.126. The van der Waals surface area contributed by atoms with Crippen LogP contribution in [0, 0.1) is 11.8 Å². The van der Waals surface area contributed by atoms with Crippen LogP contribution in [0.3, 0.4) is 0 Å². The summed E-state index contributed by atoms with van der Waals surface area (Å²) in [5.74, 6) is 0.576. The summed E-state index contributed by atoms with van der Waals surface area (Å²) in [6.07, 6.45) is 2.78. The molecule has 2 aliphatic heterocycles. The molecule has 0 bridgehead atoms. The van der Waals surface area contributed by atoms with Crippen LogP contribution in [0.4, 0.5) is 5.69 Å². The molecule has 0 spiro atoms. The molecule has 0 aliphatic carbocycles. The summed E-state index contributed by atoms with van der Waals surface area (Å²) in [5, 5.41) is 3.02. The topological polar surface area (TPSA) is 52.7 Å². The van der Waals surface area contributed by atoms with Crippen LogP contribution in [0.25, 0.3) is 0 Å². The molecule has 136 valence electrons. The molecule has 0 radical (unpaired) electrons. The van der Waals surface area contributed by atoms with Crippen LogP contribution < -0.4 is 10.2 Å². The molecule has 2 heterocycles. The molecule has 3 rings (SSSR count). The van der Waals surface area contributed by atoms with Crippen molar-refractivity contribution in [3.63, 3.8) is 0 Å². The monoisotopic (exact) mass is 407 g/mol. The third kappa shape index (κ3) is 4.82. The second kappa shape index (κ2) is 8.32. The van der Waals surface area contributed by atoms with E-state index in [2.05, 4.69) is 33.1 Å². The Morgan fingerprint density at radius 2 is 2.08 bits per heavy atom. The maximum Gasteiger partial charge on any atom is 0.227 e. The molecule has 1 unspecified atom stereocenters. The highest BCUT2D eigenvalue weighted by Gasteiger charge is 2.35. The second-order valence-electron chi connectivity index (χ2n) is 7.20. The molecule has 1 atom stereocenters. The van der Waals surface area contributed by atoms with Crippen molar-refractivity contribution in [2.24, 2.45) is 11.8 Å². The van der Waals surface area contributed by atoms with Crippen molar-refractivity contribution in [2.75, 3.05) is 37.6 Å². The standard InChI is InChI=1S/C19H26BrN3O2/c1-14-5-8-22(9-6-14)10-7-21-19(25)15-11-18(24)23(13-15)17-4-2-3-16(20)12-17/h2-4,12,14-15H,5-11,13H2,1H3,(H,21,25). The van der Waals surface area contributed by atoms with Gasteiger partial charge in [0.15, 0.2) is 0 Å². The number of carbonyl (C=O) groups is 2. The van der Waals surface area contributed by atoms with Crippen molar-refractivity contribution >= 4 is 33.4 Å². The molecule has 2 aliphatic rings. The van der Waals surface area contributed by atoms with Gasteiger partial charge in [0, 0.05) is 36.2 Å². The van der Waals surface area contributed by atoms with Crippen LogP contribution >= 0.6 is 15.9 Å². The third-order valence-corrected chi connectivity index (χ3v) is 5.71. The van der Waals surface area contributed by atoms with Gasteiger partial charge in [-0.1, -0.05) is 28.9 Å². The Kier molecular flexibility index (Phi) is 6.12. The molecule has 0 aromatic heterocycles. The number of carbonyl (C=O) groups excluding carboxylic acids is 2. The normalized spacial score (nSPS) is 22.4. The third-order valence-electron chi connectivity index (χ3n) is 5.22. The summed E-state index contributed by atoms with van der Waals surface area (Å²) in [6, 6.07) is 7.64. The summed E-state index contributed by atoms with van der Waals surface area (Å²) in [7, 11) is 0. The highest BCUT2D eigenvalue weighted by atomic mass is 79.9. The Morgan fingerprint density at radius 1 is 1.32 bits per heavy atom. The largest absolute Gasteiger partial charge is 0.355 e. The zero-order valence-electron chi connectivity index (χ0n) is 14.7. The molecular weight excluding hydrogens is 382 g/mol. The number of piperidine rings is 1. The van der Waals surface area contributed by atoms with Crippen molar-refractivity contribution < 1.29 is 9.59 Å². The molecule has 1 aromatic rings. The van der Waals surface area contributed by atoms with Crippen LogP contribution in [-0.2, 0) is 9.59 Å². The molecule has 6 heteroatoms. The molecule has 2 amide bonds. The number of rotatable bonds is 5. The van der Waals surface area contributed by atoms with Crippen LogP contribution in [-0.4, -0.2) is 49.4 Å². The minimum atomic E-state index is -0.257. The first-order chi connectivity index (χ1) is 12.0. The zero-order valence-corrected chi connectivity index (χ0v) is 16.3. The van der Waals surface area contributed by atoms with Gasteiger partial charge in [-0.25, -0.2) is 0 Å². The Morgan fingerprint density at radius 3 is 2.80 bits per heavy atom. The van der Waals surface area contributed by atoms with E-state index >= 15 is 0 Å². The molecule has 1 aromatic carbocycles. The summed E-state index contributed by atoms with van der Waals surface area (Å²) in [4.78, 5) is 28.8. The Bertz CT molecular complexity index is 629. The fourth-order valence-electron chi connectivity index (χ4n) is 3.54. The van der Waals surface area contributed by atoms with Gasteiger partial charge in [-0.2, -0.15) is 0 Å². The highest BCUT2D eigenvalue weighted by Crippen LogP contribution is 2.27. The van der Waals surface area contributed by atoms with Crippen molar-refractivity contribution in [2.45, 2.75) is 26.2 Å². The van der Waals surface area contributed by atoms with E-state index in [1.165, 1.54) is 12.8 Å². The molecule has 25 heavy (non-hydrogen) atoms. The summed E-state index contributed by atoms with van der Waals surface area (Å²) >= 11 is 3.43. The predicted octanol–water partition coefficient (Wildman–Crippen LogP) is 2.65. The zero-order chi connectivity index (χ0) is 17.8. The van der Waals surface area contributed by atoms with E-state index in [0.717, 1.165) is 35.7 Å². The first-order valence-corrected chi connectivity index (χ1v) is 9.88. The summed E-state index contributed by atoms with van der Waals surface area (Å²) < 4.78 is 0.932. The van der Waals surface area contributed by atoms with Gasteiger partial charge in [0.2, 0.25) is 11.8 Å². The van der Waals surface area contributed by atoms with E-state index in [1.54, 1.807) is 4.90 Å². The predicted molar refractivity (Wildman–Crippen MR) is 102 cm³/mol. The number of hydrogen-bond acceptors (Lipinski definition) is 3. The number of amides is 2. The first kappa shape index (κ1) is 18.4. The number of anilines is 1. The van der Waals surface area contributed by atoms with Gasteiger partial charge in [-0.3, -0.25) is 9.59 Å². The molecule has 0 saturated carbocycles. The van der Waals surface area contributed by atoms with Crippen LogP contribution in [0.5, 0.6) is 0 Å². The lowest BCUT2D eigenvalue weighted by Crippen LogP contribution is -2.41. The van der Waals surface area contributed by atoms with Gasteiger partial charge in [-0.15, -0.1) is 0 Å². The van der Waals surface area contributed by atoms with E-state index in [0.29, 0.717) is 19.5 Å². The quantitative estimate of drug-likeness (QED) is 0.815. The van der Waals surface area contributed by atoms with Gasteiger partial charge < -0.3 is 15.1 Å². The second-order valence-corrected chi connectivity index (χ2v) is 8.12. The SMILES string of the molecule is CC1CCN(CCNC(=O)C2CC(=O)N(c3cccc(Br)c3)C2)CC1. The van der Waals surface area contributed by atoms with Crippen LogP contribution in [0.15, 0.2) is 28.7 Å². The van der Waals surface area contributed by atoms with Crippen LogP contribution in [0.2, 0.25) is 0 Å². The Labute approximate surface area is 157 Å². The minimum Gasteiger partial charge on any atom is -0.355 e. The number of likely N-dealkylation sites (tertiary alicyclic amines) is 1. The first-order valence-electron chi connectivity index (χ1n) is 9.09. The number of nitrogens with zero attached hydrogens (tertiary/aromatic N) is 2. The van der Waals surface area contributed by atoms with Gasteiger partial charge in [0.25, 0.3) is 0 Å². The van der Waals surface area contributed by atoms with E-state index in [1.807, 2.05) is 24.3 Å². The van der Waals surface area contributed by atoms with Crippen molar-refractivity contribution in [3.05, 3.63) is 28.7 Å². The highest BCUT2D eigenvalue weighted by molar-refractivity contribution is 9.10. The Balaban J connectivity index is 1.46. The smallest absolute Gasteiger partial charge is 0.227 e. The average molecular weight is 408 g/mol. The number of hydrogen-bond donors (Lipinski definition) is 1. The van der Waals surface area contributed by atoms with Gasteiger partial charge >= 0.3 is 0 Å².